The van der Waals surface area contributed by atoms with Crippen molar-refractivity contribution < 1.29 is 0 Å². The average molecular weight is 402 g/mol. The molecule has 7 heteroatoms. The minimum absolute atomic E-state index is 0.191. The van der Waals surface area contributed by atoms with Gasteiger partial charge in [-0.05, 0) is 47.0 Å². The molecule has 2 aromatic heterocycles. The Morgan fingerprint density at radius 2 is 2.18 bits per heavy atom. The van der Waals surface area contributed by atoms with Crippen LogP contribution in [0.15, 0.2) is 28.0 Å². The molecule has 1 unspecified atom stereocenters. The fourth-order valence-corrected chi connectivity index (χ4v) is 3.48. The van der Waals surface area contributed by atoms with Gasteiger partial charge in [0, 0.05) is 6.20 Å². The molecule has 0 bridgehead atoms. The van der Waals surface area contributed by atoms with Crippen molar-refractivity contribution in [3.63, 3.8) is 0 Å². The van der Waals surface area contributed by atoms with Gasteiger partial charge in [0.25, 0.3) is 0 Å². The Bertz CT molecular complexity index is 630. The van der Waals surface area contributed by atoms with E-state index in [9.17, 15) is 0 Å². The van der Waals surface area contributed by atoms with Crippen molar-refractivity contribution in [2.24, 2.45) is 0 Å². The number of anilines is 1. The third-order valence-corrected chi connectivity index (χ3v) is 5.59. The Hall–Kier alpha value is -0.850. The summed E-state index contributed by atoms with van der Waals surface area (Å²) in [5.41, 5.74) is 8.09. The van der Waals surface area contributed by atoms with Crippen molar-refractivity contribution in [3.8, 4) is 0 Å². The van der Waals surface area contributed by atoms with Crippen molar-refractivity contribution in [3.05, 3.63) is 39.2 Å². The van der Waals surface area contributed by atoms with Gasteiger partial charge in [-0.3, -0.25) is 4.98 Å². The Morgan fingerprint density at radius 3 is 2.82 bits per heavy atom. The van der Waals surface area contributed by atoms with Gasteiger partial charge in [0.2, 0.25) is 0 Å². The highest BCUT2D eigenvalue weighted by molar-refractivity contribution is 9.10. The quantitative estimate of drug-likeness (QED) is 0.409. The maximum Gasteiger partial charge on any atom is 0.191 e. The van der Waals surface area contributed by atoms with E-state index in [0.717, 1.165) is 25.0 Å². The Morgan fingerprint density at radius 1 is 1.41 bits per heavy atom. The van der Waals surface area contributed by atoms with Crippen molar-refractivity contribution in [1.82, 2.24) is 15.0 Å². The number of nitrogens with zero attached hydrogens (tertiary/aromatic N) is 3. The molecule has 0 spiro atoms. The molecule has 0 amide bonds. The van der Waals surface area contributed by atoms with Gasteiger partial charge in [0.15, 0.2) is 5.16 Å². The summed E-state index contributed by atoms with van der Waals surface area (Å²) < 4.78 is 0.539. The van der Waals surface area contributed by atoms with Gasteiger partial charge in [-0.2, -0.15) is 0 Å². The summed E-state index contributed by atoms with van der Waals surface area (Å²) >= 11 is 10.9. The summed E-state index contributed by atoms with van der Waals surface area (Å²) in [6.45, 7) is 4.24. The van der Waals surface area contributed by atoms with E-state index in [-0.39, 0.29) is 5.25 Å². The van der Waals surface area contributed by atoms with E-state index >= 15 is 0 Å². The first-order valence-electron chi connectivity index (χ1n) is 7.09. The lowest BCUT2D eigenvalue weighted by Gasteiger charge is -2.16. The Kier molecular flexibility index (Phi) is 6.47. The number of nitrogen functional groups attached to an aromatic ring is 1. The molecule has 2 N–H and O–H groups in total. The van der Waals surface area contributed by atoms with Gasteiger partial charge < -0.3 is 5.73 Å². The van der Waals surface area contributed by atoms with Crippen molar-refractivity contribution >= 4 is 45.1 Å². The molecule has 0 aliphatic rings. The van der Waals surface area contributed by atoms with Gasteiger partial charge >= 0.3 is 0 Å². The minimum Gasteiger partial charge on any atom is -0.383 e. The monoisotopic (exact) mass is 400 g/mol. The van der Waals surface area contributed by atoms with Gasteiger partial charge in [0.05, 0.1) is 15.4 Å². The van der Waals surface area contributed by atoms with Gasteiger partial charge in [-0.15, -0.1) is 0 Å². The van der Waals surface area contributed by atoms with E-state index in [4.69, 9.17) is 17.3 Å². The molecule has 2 heterocycles. The third kappa shape index (κ3) is 4.57. The number of rotatable bonds is 6. The fourth-order valence-electron chi connectivity index (χ4n) is 1.99. The molecule has 0 fully saturated rings. The summed E-state index contributed by atoms with van der Waals surface area (Å²) in [6, 6.07) is 4.10. The highest BCUT2D eigenvalue weighted by Crippen LogP contribution is 2.38. The summed E-state index contributed by atoms with van der Waals surface area (Å²) in [5.74, 6) is 0.356. The van der Waals surface area contributed by atoms with Crippen LogP contribution in [0.5, 0.6) is 0 Å². The Labute approximate surface area is 148 Å². The van der Waals surface area contributed by atoms with Gasteiger partial charge in [-0.1, -0.05) is 43.1 Å². The minimum atomic E-state index is 0.191. The lowest BCUT2D eigenvalue weighted by atomic mass is 10.1. The number of aromatic nitrogens is 3. The molecule has 0 saturated heterocycles. The van der Waals surface area contributed by atoms with Crippen LogP contribution in [-0.4, -0.2) is 15.0 Å². The molecule has 0 aliphatic carbocycles. The zero-order valence-corrected chi connectivity index (χ0v) is 15.7. The van der Waals surface area contributed by atoms with E-state index < -0.39 is 0 Å². The third-order valence-electron chi connectivity index (χ3n) is 3.15. The zero-order chi connectivity index (χ0) is 16.1. The van der Waals surface area contributed by atoms with E-state index in [1.54, 1.807) is 11.8 Å². The van der Waals surface area contributed by atoms with Crippen LogP contribution in [0.3, 0.4) is 0 Å². The van der Waals surface area contributed by atoms with Crippen LogP contribution >= 0.6 is 39.3 Å². The standard InChI is InChI=1S/C15H18BrClN4S/c1-3-4-5-11(10-8-9(2)6-7-19-10)22-15-20-13(17)12(16)14(18)21-15/h6-8,11H,3-5H2,1-2H3,(H2,18,20,21). The van der Waals surface area contributed by atoms with Crippen LogP contribution in [0.4, 0.5) is 5.82 Å². The van der Waals surface area contributed by atoms with Crippen molar-refractivity contribution in [2.75, 3.05) is 5.73 Å². The number of thioether (sulfide) groups is 1. The summed E-state index contributed by atoms with van der Waals surface area (Å²) in [4.78, 5) is 13.1. The SMILES string of the molecule is CCCCC(Sc1nc(N)c(Br)c(Cl)n1)c1cc(C)ccn1. The number of nitrogens with two attached hydrogens (primary N) is 1. The second-order valence-electron chi connectivity index (χ2n) is 5.00. The van der Waals surface area contributed by atoms with Crippen molar-refractivity contribution in [1.29, 1.82) is 0 Å². The first-order chi connectivity index (χ1) is 10.5. The molecule has 1 atom stereocenters. The van der Waals surface area contributed by atoms with Gasteiger partial charge in [-0.25, -0.2) is 9.97 Å². The molecular weight excluding hydrogens is 384 g/mol. The van der Waals surface area contributed by atoms with Crippen LogP contribution in [0.2, 0.25) is 5.15 Å². The van der Waals surface area contributed by atoms with E-state index in [1.807, 2.05) is 12.3 Å². The lowest BCUT2D eigenvalue weighted by Crippen LogP contribution is -2.02. The summed E-state index contributed by atoms with van der Waals surface area (Å²) in [5, 5.41) is 1.10. The first kappa shape index (κ1) is 17.5. The number of hydrogen-bond donors (Lipinski definition) is 1. The topological polar surface area (TPSA) is 64.7 Å². The van der Waals surface area contributed by atoms with Gasteiger partial charge in [0.1, 0.15) is 11.0 Å². The molecule has 0 radical (unpaired) electrons. The van der Waals surface area contributed by atoms with Crippen molar-refractivity contribution in [2.45, 2.75) is 43.5 Å². The van der Waals surface area contributed by atoms with E-state index in [2.05, 4.69) is 50.8 Å². The molecule has 22 heavy (non-hydrogen) atoms. The van der Waals surface area contributed by atoms with E-state index in [1.165, 1.54) is 5.56 Å². The summed E-state index contributed by atoms with van der Waals surface area (Å²) in [7, 11) is 0. The smallest absolute Gasteiger partial charge is 0.191 e. The molecule has 0 aromatic carbocycles. The number of aryl methyl sites for hydroxylation is 1. The molecule has 2 aromatic rings. The average Bonchev–Trinajstić information content (AvgIpc) is 2.49. The van der Waals surface area contributed by atoms with E-state index in [0.29, 0.717) is 20.6 Å². The maximum atomic E-state index is 6.07. The molecular formula is C15H18BrClN4S. The molecule has 0 aliphatic heterocycles. The zero-order valence-electron chi connectivity index (χ0n) is 12.5. The second kappa shape index (κ2) is 8.13. The number of halogens is 2. The predicted octanol–water partition coefficient (Wildman–Crippen LogP) is 5.20. The normalized spacial score (nSPS) is 12.4. The van der Waals surface area contributed by atoms with Crippen LogP contribution < -0.4 is 5.73 Å². The van der Waals surface area contributed by atoms with Crippen LogP contribution in [-0.2, 0) is 0 Å². The highest BCUT2D eigenvalue weighted by Gasteiger charge is 2.18. The second-order valence-corrected chi connectivity index (χ2v) is 7.32. The number of unbranched alkanes of at least 4 members (excludes halogenated alkanes) is 1. The first-order valence-corrected chi connectivity index (χ1v) is 9.14. The predicted molar refractivity (Wildman–Crippen MR) is 96.3 cm³/mol. The summed E-state index contributed by atoms with van der Waals surface area (Å²) in [6.07, 6.45) is 5.10. The van der Waals surface area contributed by atoms with Crippen LogP contribution in [0.1, 0.15) is 42.7 Å². The largest absolute Gasteiger partial charge is 0.383 e. The van der Waals surface area contributed by atoms with Crippen LogP contribution in [0, 0.1) is 6.92 Å². The fraction of sp³-hybridized carbons (Fsp3) is 0.400. The molecule has 4 nitrogen and oxygen atoms in total. The highest BCUT2D eigenvalue weighted by atomic mass is 79.9. The van der Waals surface area contributed by atoms with Crippen LogP contribution in [0.25, 0.3) is 0 Å². The molecule has 118 valence electrons. The molecule has 0 saturated carbocycles. The maximum absolute atomic E-state index is 6.07. The molecule has 2 rings (SSSR count). The Balaban J connectivity index is 2.27. The lowest BCUT2D eigenvalue weighted by molar-refractivity contribution is 0.693. The number of hydrogen-bond acceptors (Lipinski definition) is 5. The number of pyridine rings is 1.